The number of aryl methyl sites for hydroxylation is 2. The largest absolute Gasteiger partial charge is 0.545 e. The van der Waals surface area contributed by atoms with Crippen LogP contribution in [0, 0.1) is 13.8 Å². The highest BCUT2D eigenvalue weighted by Crippen LogP contribution is 2.25. The molecule has 7 heteroatoms. The number of carboxylic acid groups (broad SMARTS) is 1. The van der Waals surface area contributed by atoms with Crippen molar-refractivity contribution in [1.29, 1.82) is 0 Å². The molecule has 0 N–H and O–H groups in total. The number of thiophene rings is 1. The smallest absolute Gasteiger partial charge is 0.282 e. The van der Waals surface area contributed by atoms with Gasteiger partial charge < -0.3 is 9.90 Å². The van der Waals surface area contributed by atoms with E-state index in [1.165, 1.54) is 40.7 Å². The van der Waals surface area contributed by atoms with Crippen molar-refractivity contribution < 1.29 is 9.90 Å². The summed E-state index contributed by atoms with van der Waals surface area (Å²) in [6, 6.07) is 6.03. The first-order valence-corrected chi connectivity index (χ1v) is 7.62. The lowest BCUT2D eigenvalue weighted by Crippen LogP contribution is -2.22. The average molecular weight is 326 g/mol. The Balaban J connectivity index is 1.98. The van der Waals surface area contributed by atoms with Crippen LogP contribution in [0.15, 0.2) is 40.5 Å². The lowest BCUT2D eigenvalue weighted by atomic mass is 10.1. The minimum absolute atomic E-state index is 0.0896. The Labute approximate surface area is 135 Å². The van der Waals surface area contributed by atoms with Gasteiger partial charge in [0, 0.05) is 4.88 Å². The van der Waals surface area contributed by atoms with Crippen LogP contribution in [0.4, 0.5) is 0 Å². The Morgan fingerprint density at radius 1 is 1.30 bits per heavy atom. The van der Waals surface area contributed by atoms with E-state index in [0.29, 0.717) is 15.8 Å². The molecule has 0 saturated heterocycles. The standard InChI is InChI=1S/C16H13N3O3S/c1-9-10(2)23-14-13(9)15(20)19(8-17-14)18-7-11-3-5-12(6-4-11)16(21)22/h3-8H,1-2H3,(H,21,22)/p-1/b18-7-. The number of aromatic carboxylic acids is 1. The zero-order valence-corrected chi connectivity index (χ0v) is 13.3. The van der Waals surface area contributed by atoms with Gasteiger partial charge in [0.25, 0.3) is 5.56 Å². The van der Waals surface area contributed by atoms with Crippen molar-refractivity contribution in [2.75, 3.05) is 0 Å². The highest BCUT2D eigenvalue weighted by molar-refractivity contribution is 7.18. The number of hydrogen-bond acceptors (Lipinski definition) is 6. The van der Waals surface area contributed by atoms with Crippen LogP contribution < -0.4 is 10.7 Å². The zero-order valence-electron chi connectivity index (χ0n) is 12.4. The molecule has 0 unspecified atom stereocenters. The van der Waals surface area contributed by atoms with Crippen molar-refractivity contribution in [2.45, 2.75) is 13.8 Å². The van der Waals surface area contributed by atoms with Crippen molar-refractivity contribution in [3.05, 3.63) is 62.5 Å². The van der Waals surface area contributed by atoms with E-state index in [-0.39, 0.29) is 11.1 Å². The number of fused-ring (bicyclic) bond motifs is 1. The van der Waals surface area contributed by atoms with E-state index < -0.39 is 5.97 Å². The summed E-state index contributed by atoms with van der Waals surface area (Å²) in [7, 11) is 0. The van der Waals surface area contributed by atoms with Gasteiger partial charge in [-0.05, 0) is 30.5 Å². The fourth-order valence-electron chi connectivity index (χ4n) is 2.14. The van der Waals surface area contributed by atoms with Crippen LogP contribution in [0.2, 0.25) is 0 Å². The highest BCUT2D eigenvalue weighted by atomic mass is 32.1. The molecule has 6 nitrogen and oxygen atoms in total. The van der Waals surface area contributed by atoms with E-state index in [9.17, 15) is 14.7 Å². The maximum Gasteiger partial charge on any atom is 0.282 e. The van der Waals surface area contributed by atoms with E-state index in [4.69, 9.17) is 0 Å². The molecule has 23 heavy (non-hydrogen) atoms. The molecule has 0 radical (unpaired) electrons. The number of carboxylic acids is 1. The number of rotatable bonds is 3. The number of nitrogens with zero attached hydrogens (tertiary/aromatic N) is 3. The van der Waals surface area contributed by atoms with E-state index >= 15 is 0 Å². The van der Waals surface area contributed by atoms with E-state index in [2.05, 4.69) is 10.1 Å². The summed E-state index contributed by atoms with van der Waals surface area (Å²) in [5, 5.41) is 15.4. The van der Waals surface area contributed by atoms with Gasteiger partial charge in [0.15, 0.2) is 0 Å². The predicted molar refractivity (Wildman–Crippen MR) is 87.1 cm³/mol. The lowest BCUT2D eigenvalue weighted by Gasteiger charge is -2.02. The molecule has 1 aromatic carbocycles. The van der Waals surface area contributed by atoms with E-state index in [0.717, 1.165) is 10.4 Å². The fourth-order valence-corrected chi connectivity index (χ4v) is 3.13. The Morgan fingerprint density at radius 3 is 2.65 bits per heavy atom. The second-order valence-corrected chi connectivity index (χ2v) is 6.21. The van der Waals surface area contributed by atoms with Crippen LogP contribution >= 0.6 is 11.3 Å². The summed E-state index contributed by atoms with van der Waals surface area (Å²) in [4.78, 5) is 29.2. The van der Waals surface area contributed by atoms with Gasteiger partial charge >= 0.3 is 0 Å². The summed E-state index contributed by atoms with van der Waals surface area (Å²) >= 11 is 1.48. The molecule has 0 spiro atoms. The second kappa shape index (κ2) is 5.77. The quantitative estimate of drug-likeness (QED) is 0.679. The summed E-state index contributed by atoms with van der Waals surface area (Å²) in [6.07, 6.45) is 2.86. The summed E-state index contributed by atoms with van der Waals surface area (Å²) in [6.45, 7) is 3.84. The van der Waals surface area contributed by atoms with Crippen LogP contribution in [0.3, 0.4) is 0 Å². The lowest BCUT2D eigenvalue weighted by molar-refractivity contribution is -0.255. The first-order chi connectivity index (χ1) is 11.0. The first-order valence-electron chi connectivity index (χ1n) is 6.80. The molecule has 3 rings (SSSR count). The third-order valence-electron chi connectivity index (χ3n) is 3.55. The molecule has 2 aromatic heterocycles. The van der Waals surface area contributed by atoms with E-state index in [1.54, 1.807) is 12.1 Å². The van der Waals surface area contributed by atoms with E-state index in [1.807, 2.05) is 13.8 Å². The van der Waals surface area contributed by atoms with Crippen molar-refractivity contribution in [2.24, 2.45) is 5.10 Å². The van der Waals surface area contributed by atoms with Gasteiger partial charge in [0.2, 0.25) is 0 Å². The fraction of sp³-hybridized carbons (Fsp3) is 0.125. The van der Waals surface area contributed by atoms with Gasteiger partial charge in [-0.2, -0.15) is 9.78 Å². The Kier molecular flexibility index (Phi) is 3.79. The molecule has 3 aromatic rings. The number of aromatic nitrogens is 2. The van der Waals surface area contributed by atoms with Gasteiger partial charge in [-0.3, -0.25) is 4.79 Å². The van der Waals surface area contributed by atoms with Crippen LogP contribution in [0.1, 0.15) is 26.4 Å². The van der Waals surface area contributed by atoms with Crippen LogP contribution in [-0.4, -0.2) is 21.8 Å². The van der Waals surface area contributed by atoms with Crippen molar-refractivity contribution in [3.8, 4) is 0 Å². The maximum absolute atomic E-state index is 12.5. The molecular weight excluding hydrogens is 314 g/mol. The minimum atomic E-state index is -1.23. The van der Waals surface area contributed by atoms with Crippen molar-refractivity contribution in [3.63, 3.8) is 0 Å². The topological polar surface area (TPSA) is 87.4 Å². The highest BCUT2D eigenvalue weighted by Gasteiger charge is 2.11. The molecule has 116 valence electrons. The third-order valence-corrected chi connectivity index (χ3v) is 4.67. The third kappa shape index (κ3) is 2.78. The zero-order chi connectivity index (χ0) is 16.6. The second-order valence-electron chi connectivity index (χ2n) is 5.01. The summed E-state index contributed by atoms with van der Waals surface area (Å²) in [5.74, 6) is -1.23. The molecule has 0 aliphatic heterocycles. The predicted octanol–water partition coefficient (Wildman–Crippen LogP) is 1.32. The Bertz CT molecular complexity index is 984. The van der Waals surface area contributed by atoms with Crippen LogP contribution in [0.25, 0.3) is 10.2 Å². The Morgan fingerprint density at radius 2 is 2.00 bits per heavy atom. The van der Waals surface area contributed by atoms with Crippen LogP contribution in [-0.2, 0) is 0 Å². The van der Waals surface area contributed by atoms with Crippen molar-refractivity contribution in [1.82, 2.24) is 9.66 Å². The molecular formula is C16H12N3O3S-. The minimum Gasteiger partial charge on any atom is -0.545 e. The average Bonchev–Trinajstić information content (AvgIpc) is 2.82. The maximum atomic E-state index is 12.5. The monoisotopic (exact) mass is 326 g/mol. The number of benzene rings is 1. The van der Waals surface area contributed by atoms with Crippen molar-refractivity contribution >= 4 is 33.7 Å². The van der Waals surface area contributed by atoms with Gasteiger partial charge in [0.05, 0.1) is 17.6 Å². The van der Waals surface area contributed by atoms with Crippen LogP contribution in [0.5, 0.6) is 0 Å². The number of carbonyl (C=O) groups is 1. The molecule has 0 bridgehead atoms. The molecule has 2 heterocycles. The summed E-state index contributed by atoms with van der Waals surface area (Å²) in [5.41, 5.74) is 1.46. The number of carbonyl (C=O) groups excluding carboxylic acids is 1. The van der Waals surface area contributed by atoms with Gasteiger partial charge in [0.1, 0.15) is 11.2 Å². The molecule has 0 atom stereocenters. The molecule has 0 saturated carbocycles. The molecule has 0 fully saturated rings. The summed E-state index contributed by atoms with van der Waals surface area (Å²) < 4.78 is 1.17. The number of hydrogen-bond donors (Lipinski definition) is 0. The van der Waals surface area contributed by atoms with Gasteiger partial charge in [-0.25, -0.2) is 4.98 Å². The van der Waals surface area contributed by atoms with Gasteiger partial charge in [-0.1, -0.05) is 24.3 Å². The molecule has 0 aliphatic carbocycles. The SMILES string of the molecule is Cc1sc2ncn(/N=C\c3ccc(C(=O)[O-])cc3)c(=O)c2c1C. The normalized spacial score (nSPS) is 11.4. The first kappa shape index (κ1) is 15.1. The molecule has 0 aliphatic rings. The Hall–Kier alpha value is -2.80. The molecule has 0 amide bonds. The van der Waals surface area contributed by atoms with Gasteiger partial charge in [-0.15, -0.1) is 11.3 Å².